The van der Waals surface area contributed by atoms with Gasteiger partial charge >= 0.3 is 174 Å². The number of hydrogen-bond acceptors (Lipinski definition) is 1. The predicted molar refractivity (Wildman–Crippen MR) is 136 cm³/mol. The summed E-state index contributed by atoms with van der Waals surface area (Å²) in [5.74, 6) is 0. The normalized spacial score (nSPS) is 12.1. The molecule has 0 rings (SSSR count). The molecule has 0 saturated heterocycles. The van der Waals surface area contributed by atoms with E-state index in [-0.39, 0.29) is 5.48 Å². The van der Waals surface area contributed by atoms with Gasteiger partial charge in [0.25, 0.3) is 0 Å². The van der Waals surface area contributed by atoms with Gasteiger partial charge in [-0.05, 0) is 0 Å². The first-order valence-electron chi connectivity index (χ1n) is 12.9. The smallest absolute Gasteiger partial charge is 0.412 e. The second-order valence-electron chi connectivity index (χ2n) is 9.08. The van der Waals surface area contributed by atoms with E-state index in [1.54, 1.807) is 18.5 Å². The summed E-state index contributed by atoms with van der Waals surface area (Å²) < 4.78 is 0. The Hall–Kier alpha value is 0.350. The van der Waals surface area contributed by atoms with Gasteiger partial charge in [0.15, 0.2) is 0 Å². The Morgan fingerprint density at radius 1 is 0.429 bits per heavy atom. The van der Waals surface area contributed by atoms with Crippen molar-refractivity contribution >= 4 is 7.41 Å². The third-order valence-corrected chi connectivity index (χ3v) is 11.5. The van der Waals surface area contributed by atoms with Crippen LogP contribution in [0.2, 0.25) is 0 Å². The van der Waals surface area contributed by atoms with Gasteiger partial charge in [-0.2, -0.15) is 0 Å². The zero-order valence-electron chi connectivity index (χ0n) is 20.3. The van der Waals surface area contributed by atoms with Crippen molar-refractivity contribution in [3.05, 3.63) is 0 Å². The molecule has 0 spiro atoms. The molecule has 0 bridgehead atoms. The van der Waals surface area contributed by atoms with Crippen molar-refractivity contribution < 1.29 is 5.48 Å². The molecule has 28 heavy (non-hydrogen) atoms. The van der Waals surface area contributed by atoms with E-state index < -0.39 is 7.41 Å². The Balaban J connectivity index is 0. The van der Waals surface area contributed by atoms with Gasteiger partial charge in [0.2, 0.25) is 0 Å². The Bertz CT molecular complexity index is 245. The zero-order chi connectivity index (χ0) is 20.1. The summed E-state index contributed by atoms with van der Waals surface area (Å²) in [6, 6.07) is 0. The van der Waals surface area contributed by atoms with E-state index in [4.69, 9.17) is 0 Å². The van der Waals surface area contributed by atoms with Crippen LogP contribution in [0, 0.1) is 0 Å². The molecule has 0 aromatic heterocycles. The van der Waals surface area contributed by atoms with Gasteiger partial charge in [0.1, 0.15) is 0 Å². The minimum Gasteiger partial charge on any atom is -0.412 e. The summed E-state index contributed by atoms with van der Waals surface area (Å²) in [5, 5.41) is 3.96. The van der Waals surface area contributed by atoms with E-state index in [0.717, 1.165) is 0 Å². The fraction of sp³-hybridized carbons (Fsp3) is 1.00. The number of nitrogens with one attached hydrogen (secondary N) is 1. The van der Waals surface area contributed by atoms with Crippen molar-refractivity contribution in [3.63, 3.8) is 0 Å². The molecule has 0 atom stereocenters. The average molecular weight is 420 g/mol. The van der Waals surface area contributed by atoms with E-state index in [9.17, 15) is 0 Å². The molecular weight excluding hydrogens is 361 g/mol. The van der Waals surface area contributed by atoms with Crippen molar-refractivity contribution in [2.24, 2.45) is 0 Å². The van der Waals surface area contributed by atoms with Crippen LogP contribution in [0.25, 0.3) is 0 Å². The van der Waals surface area contributed by atoms with Crippen molar-refractivity contribution in [3.8, 4) is 0 Å². The summed E-state index contributed by atoms with van der Waals surface area (Å²) in [5.41, 5.74) is 0. The van der Waals surface area contributed by atoms with Gasteiger partial charge in [-0.3, -0.25) is 0 Å². The van der Waals surface area contributed by atoms with Gasteiger partial charge in [-0.15, -0.1) is 0 Å². The summed E-state index contributed by atoms with van der Waals surface area (Å²) >= 11 is 0. The quantitative estimate of drug-likeness (QED) is 0.140. The molecule has 174 valence electrons. The van der Waals surface area contributed by atoms with Gasteiger partial charge in [0.05, 0.1) is 0 Å². The molecule has 0 radical (unpaired) electrons. The van der Waals surface area contributed by atoms with Crippen molar-refractivity contribution in [2.45, 2.75) is 136 Å². The minimum absolute atomic E-state index is 0. The maximum Gasteiger partial charge on any atom is -0.412 e. The van der Waals surface area contributed by atoms with Crippen LogP contribution in [0.4, 0.5) is 0 Å². The van der Waals surface area contributed by atoms with Crippen LogP contribution in [0.3, 0.4) is 0 Å². The third-order valence-electron chi connectivity index (χ3n) is 6.56. The van der Waals surface area contributed by atoms with Crippen molar-refractivity contribution in [2.75, 3.05) is 25.5 Å². The van der Waals surface area contributed by atoms with E-state index in [1.165, 1.54) is 116 Å². The molecule has 0 aromatic rings. The SMILES string of the molecule is CCCCCCCC[PH](CCCCCCCC)(CCCCCCCC)NC.O. The van der Waals surface area contributed by atoms with E-state index >= 15 is 0 Å². The molecule has 3 heteroatoms. The second-order valence-corrected chi connectivity index (χ2v) is 13.6. The van der Waals surface area contributed by atoms with E-state index in [1.807, 2.05) is 0 Å². The van der Waals surface area contributed by atoms with Crippen LogP contribution >= 0.6 is 7.41 Å². The van der Waals surface area contributed by atoms with Gasteiger partial charge < -0.3 is 5.48 Å². The Morgan fingerprint density at radius 3 is 0.929 bits per heavy atom. The van der Waals surface area contributed by atoms with Crippen molar-refractivity contribution in [1.82, 2.24) is 5.09 Å². The molecule has 0 aliphatic heterocycles. The van der Waals surface area contributed by atoms with Crippen LogP contribution in [0.1, 0.15) is 136 Å². The largest absolute Gasteiger partial charge is 0.412 e. The monoisotopic (exact) mass is 419 g/mol. The Kier molecular flexibility index (Phi) is 25.8. The fourth-order valence-corrected chi connectivity index (χ4v) is 8.76. The molecule has 0 unspecified atom stereocenters. The summed E-state index contributed by atoms with van der Waals surface area (Å²) in [6.45, 7) is 6.96. The topological polar surface area (TPSA) is 43.5 Å². The molecule has 0 aliphatic carbocycles. The van der Waals surface area contributed by atoms with Crippen molar-refractivity contribution in [1.29, 1.82) is 0 Å². The first-order valence-corrected chi connectivity index (χ1v) is 15.6. The summed E-state index contributed by atoms with van der Waals surface area (Å²) in [4.78, 5) is 0. The van der Waals surface area contributed by atoms with E-state index in [2.05, 4.69) is 32.9 Å². The molecular formula is C25H58NOP. The molecule has 2 nitrogen and oxygen atoms in total. The van der Waals surface area contributed by atoms with Crippen LogP contribution in [0.15, 0.2) is 0 Å². The molecule has 0 saturated carbocycles. The fourth-order valence-electron chi connectivity index (χ4n) is 4.48. The molecule has 0 aliphatic rings. The van der Waals surface area contributed by atoms with Gasteiger partial charge in [-0.25, -0.2) is 0 Å². The molecule has 0 fully saturated rings. The van der Waals surface area contributed by atoms with Crippen LogP contribution in [-0.4, -0.2) is 31.0 Å². The van der Waals surface area contributed by atoms with E-state index in [0.29, 0.717) is 0 Å². The number of rotatable bonds is 22. The van der Waals surface area contributed by atoms with Crippen LogP contribution < -0.4 is 5.09 Å². The number of unbranched alkanes of at least 4 members (excludes halogenated alkanes) is 15. The third kappa shape index (κ3) is 18.4. The Morgan fingerprint density at radius 2 is 0.679 bits per heavy atom. The standard InChI is InChI=1S/C25H56NP.H2O/c1-5-8-11-14-17-20-23-27(26-4,24-21-18-15-12-9-6-2)25-22-19-16-13-10-7-3;/h26-27H,5-25H2,1-4H3;1H2. The van der Waals surface area contributed by atoms with Crippen LogP contribution in [-0.2, 0) is 0 Å². The predicted octanol–water partition coefficient (Wildman–Crippen LogP) is 8.13. The number of hydrogen-bond donors (Lipinski definition) is 1. The average Bonchev–Trinajstić information content (AvgIpc) is 2.69. The summed E-state index contributed by atoms with van der Waals surface area (Å²) in [6.07, 6.45) is 30.7. The molecule has 0 amide bonds. The molecule has 0 aromatic carbocycles. The maximum absolute atomic E-state index is 3.96. The van der Waals surface area contributed by atoms with Crippen LogP contribution in [0.5, 0.6) is 0 Å². The summed E-state index contributed by atoms with van der Waals surface area (Å²) in [7, 11) is 1.08. The first kappa shape index (κ1) is 30.5. The molecule has 3 N–H and O–H groups in total. The Labute approximate surface area is 180 Å². The second kappa shape index (κ2) is 23.6. The zero-order valence-corrected chi connectivity index (χ0v) is 21.3. The van der Waals surface area contributed by atoms with Gasteiger partial charge in [-0.1, -0.05) is 0 Å². The molecule has 0 heterocycles. The minimum atomic E-state index is -1.22. The first-order chi connectivity index (χ1) is 13.2. The van der Waals surface area contributed by atoms with Gasteiger partial charge in [0, 0.05) is 0 Å². The maximum atomic E-state index is 3.96.